The number of sulfonamides is 1. The van der Waals surface area contributed by atoms with Gasteiger partial charge in [-0.2, -0.15) is 0 Å². The molecule has 0 aliphatic heterocycles. The normalized spacial score (nSPS) is 12.0. The fraction of sp³-hybridized carbons (Fsp3) is 0.200. The third-order valence-corrected chi connectivity index (χ3v) is 8.59. The van der Waals surface area contributed by atoms with Gasteiger partial charge in [-0.05, 0) is 83.6 Å². The van der Waals surface area contributed by atoms with Gasteiger partial charge in [-0.25, -0.2) is 8.42 Å². The lowest BCUT2D eigenvalue weighted by molar-refractivity contribution is -0.139. The number of benzene rings is 3. The van der Waals surface area contributed by atoms with Gasteiger partial charge in [0.2, 0.25) is 11.8 Å². The number of rotatable bonds is 9. The minimum absolute atomic E-state index is 0.0185. The van der Waals surface area contributed by atoms with E-state index in [1.807, 2.05) is 0 Å². The molecule has 0 bridgehead atoms. The Morgan fingerprint density at radius 2 is 1.64 bits per heavy atom. The average molecular weight is 660 g/mol. The molecule has 2 amide bonds. The van der Waals surface area contributed by atoms with Crippen molar-refractivity contribution in [2.75, 3.05) is 17.9 Å². The highest BCUT2D eigenvalue weighted by Gasteiger charge is 2.32. The van der Waals surface area contributed by atoms with E-state index in [-0.39, 0.29) is 11.4 Å². The van der Waals surface area contributed by atoms with Crippen LogP contribution in [-0.2, 0) is 26.2 Å². The van der Waals surface area contributed by atoms with Gasteiger partial charge in [-0.1, -0.05) is 47.5 Å². The number of nitrogens with zero attached hydrogens (tertiary/aromatic N) is 2. The Morgan fingerprint density at radius 1 is 1.00 bits per heavy atom. The molecule has 11 heteroatoms. The highest BCUT2D eigenvalue weighted by Crippen LogP contribution is 2.27. The number of likely N-dealkylation sites (N-methyl/N-ethyl adjacent to an activating group) is 1. The van der Waals surface area contributed by atoms with Crippen molar-refractivity contribution in [3.05, 3.63) is 92.0 Å². The Morgan fingerprint density at radius 3 is 2.22 bits per heavy atom. The van der Waals surface area contributed by atoms with Crippen LogP contribution in [-0.4, -0.2) is 44.8 Å². The van der Waals surface area contributed by atoms with Crippen molar-refractivity contribution in [1.82, 2.24) is 10.2 Å². The molecule has 0 saturated heterocycles. The number of anilines is 1. The van der Waals surface area contributed by atoms with Gasteiger partial charge in [-0.15, -0.1) is 0 Å². The van der Waals surface area contributed by atoms with Crippen LogP contribution in [0.25, 0.3) is 0 Å². The van der Waals surface area contributed by atoms with E-state index in [1.165, 1.54) is 24.1 Å². The van der Waals surface area contributed by atoms with Crippen LogP contribution >= 0.6 is 45.8 Å². The SMILES string of the molecule is CNC(=O)C(C)N(Cc1ccc(Cl)cc1Cl)C(=O)CN(c1ccc(I)cc1)S(=O)(=O)c1ccccc1. The lowest BCUT2D eigenvalue weighted by Crippen LogP contribution is -2.50. The van der Waals surface area contributed by atoms with E-state index in [1.54, 1.807) is 67.6 Å². The predicted molar refractivity (Wildman–Crippen MR) is 151 cm³/mol. The standard InChI is InChI=1S/C25H24Cl2IN3O4S/c1-17(25(33)29-2)30(15-18-8-9-19(26)14-23(18)27)24(32)16-31(21-12-10-20(28)11-13-21)36(34,35)22-6-4-3-5-7-22/h3-14,17H,15-16H2,1-2H3,(H,29,33). The van der Waals surface area contributed by atoms with Crippen molar-refractivity contribution in [3.8, 4) is 0 Å². The van der Waals surface area contributed by atoms with Crippen LogP contribution in [0.15, 0.2) is 77.7 Å². The summed E-state index contributed by atoms with van der Waals surface area (Å²) in [4.78, 5) is 27.5. The molecule has 3 aromatic rings. The molecule has 1 unspecified atom stereocenters. The summed E-state index contributed by atoms with van der Waals surface area (Å²) in [5.74, 6) is -0.977. The van der Waals surface area contributed by atoms with E-state index < -0.39 is 34.4 Å². The number of hydrogen-bond acceptors (Lipinski definition) is 4. The van der Waals surface area contributed by atoms with E-state index in [0.717, 1.165) is 7.88 Å². The maximum absolute atomic E-state index is 13.7. The largest absolute Gasteiger partial charge is 0.357 e. The minimum atomic E-state index is -4.09. The third-order valence-electron chi connectivity index (χ3n) is 5.49. The zero-order valence-corrected chi connectivity index (χ0v) is 24.0. The van der Waals surface area contributed by atoms with E-state index in [4.69, 9.17) is 23.2 Å². The van der Waals surface area contributed by atoms with Gasteiger partial charge in [-0.3, -0.25) is 13.9 Å². The third kappa shape index (κ3) is 6.70. The van der Waals surface area contributed by atoms with Crippen LogP contribution in [0.3, 0.4) is 0 Å². The van der Waals surface area contributed by atoms with Crippen molar-refractivity contribution in [2.45, 2.75) is 24.4 Å². The first-order chi connectivity index (χ1) is 17.0. The maximum atomic E-state index is 13.7. The van der Waals surface area contributed by atoms with Gasteiger partial charge < -0.3 is 10.2 Å². The van der Waals surface area contributed by atoms with Crippen LogP contribution in [0, 0.1) is 3.57 Å². The second-order valence-corrected chi connectivity index (χ2v) is 11.8. The van der Waals surface area contributed by atoms with Gasteiger partial charge in [0.15, 0.2) is 0 Å². The highest BCUT2D eigenvalue weighted by atomic mass is 127. The molecule has 36 heavy (non-hydrogen) atoms. The predicted octanol–water partition coefficient (Wildman–Crippen LogP) is 4.96. The van der Waals surface area contributed by atoms with Crippen molar-refractivity contribution in [1.29, 1.82) is 0 Å². The monoisotopic (exact) mass is 659 g/mol. The molecule has 1 N–H and O–H groups in total. The lowest BCUT2D eigenvalue weighted by Gasteiger charge is -2.32. The van der Waals surface area contributed by atoms with Crippen molar-refractivity contribution < 1.29 is 18.0 Å². The zero-order valence-electron chi connectivity index (χ0n) is 19.5. The molecular formula is C25H24Cl2IN3O4S. The molecule has 190 valence electrons. The molecule has 0 aromatic heterocycles. The number of nitrogens with one attached hydrogen (secondary N) is 1. The Labute approximate surface area is 234 Å². The van der Waals surface area contributed by atoms with E-state index >= 15 is 0 Å². The summed E-state index contributed by atoms with van der Waals surface area (Å²) in [5, 5.41) is 3.30. The molecule has 0 heterocycles. The summed E-state index contributed by atoms with van der Waals surface area (Å²) < 4.78 is 29.2. The second-order valence-electron chi connectivity index (χ2n) is 7.85. The Bertz CT molecular complexity index is 1340. The summed E-state index contributed by atoms with van der Waals surface area (Å²) in [5.41, 5.74) is 0.890. The van der Waals surface area contributed by atoms with E-state index in [0.29, 0.717) is 21.3 Å². The van der Waals surface area contributed by atoms with E-state index in [2.05, 4.69) is 27.9 Å². The molecule has 0 spiro atoms. The van der Waals surface area contributed by atoms with Crippen molar-refractivity contribution >= 4 is 73.3 Å². The first-order valence-electron chi connectivity index (χ1n) is 10.8. The molecular weight excluding hydrogens is 636 g/mol. The number of amides is 2. The molecule has 0 aliphatic carbocycles. The molecule has 0 radical (unpaired) electrons. The van der Waals surface area contributed by atoms with Crippen molar-refractivity contribution in [2.24, 2.45) is 0 Å². The summed E-state index contributed by atoms with van der Waals surface area (Å²) in [6, 6.07) is 18.6. The fourth-order valence-electron chi connectivity index (χ4n) is 3.48. The van der Waals surface area contributed by atoms with Gasteiger partial charge in [0.05, 0.1) is 10.6 Å². The minimum Gasteiger partial charge on any atom is -0.357 e. The summed E-state index contributed by atoms with van der Waals surface area (Å²) >= 11 is 14.5. The quantitative estimate of drug-likeness (QED) is 0.329. The second kappa shape index (κ2) is 12.3. The number of carbonyl (C=O) groups is 2. The average Bonchev–Trinajstić information content (AvgIpc) is 2.87. The molecule has 3 aromatic carbocycles. The van der Waals surface area contributed by atoms with E-state index in [9.17, 15) is 18.0 Å². The number of carbonyl (C=O) groups excluding carboxylic acids is 2. The first kappa shape index (κ1) is 28.2. The molecule has 0 fully saturated rings. The molecule has 1 atom stereocenters. The summed E-state index contributed by atoms with van der Waals surface area (Å²) in [7, 11) is -2.63. The summed E-state index contributed by atoms with van der Waals surface area (Å²) in [6.07, 6.45) is 0. The summed E-state index contributed by atoms with van der Waals surface area (Å²) in [6.45, 7) is 1.03. The van der Waals surface area contributed by atoms with Crippen LogP contribution < -0.4 is 9.62 Å². The topological polar surface area (TPSA) is 86.8 Å². The number of halogens is 3. The first-order valence-corrected chi connectivity index (χ1v) is 14.1. The van der Waals surface area contributed by atoms with Gasteiger partial charge in [0, 0.05) is 27.2 Å². The number of hydrogen-bond donors (Lipinski definition) is 1. The Hall–Kier alpha value is -2.34. The zero-order chi connectivity index (χ0) is 26.5. The lowest BCUT2D eigenvalue weighted by atomic mass is 10.1. The molecule has 0 saturated carbocycles. The van der Waals surface area contributed by atoms with Crippen LogP contribution in [0.5, 0.6) is 0 Å². The van der Waals surface area contributed by atoms with Crippen molar-refractivity contribution in [3.63, 3.8) is 0 Å². The van der Waals surface area contributed by atoms with Gasteiger partial charge in [0.25, 0.3) is 10.0 Å². The smallest absolute Gasteiger partial charge is 0.264 e. The highest BCUT2D eigenvalue weighted by molar-refractivity contribution is 14.1. The van der Waals surface area contributed by atoms with Gasteiger partial charge >= 0.3 is 0 Å². The molecule has 0 aliphatic rings. The van der Waals surface area contributed by atoms with Crippen LogP contribution in [0.2, 0.25) is 10.0 Å². The van der Waals surface area contributed by atoms with Crippen LogP contribution in [0.1, 0.15) is 12.5 Å². The maximum Gasteiger partial charge on any atom is 0.264 e. The fourth-order valence-corrected chi connectivity index (χ4v) is 5.74. The molecule has 7 nitrogen and oxygen atoms in total. The van der Waals surface area contributed by atoms with Gasteiger partial charge in [0.1, 0.15) is 12.6 Å². The Kier molecular flexibility index (Phi) is 9.62. The Balaban J connectivity index is 2.03. The van der Waals surface area contributed by atoms with Crippen LogP contribution in [0.4, 0.5) is 5.69 Å². The molecule has 3 rings (SSSR count).